The number of carbonyl (C=O) groups excluding carboxylic acids is 2. The molecule has 0 bridgehead atoms. The number of thiophene rings is 1. The molecule has 0 saturated heterocycles. The van der Waals surface area contributed by atoms with E-state index >= 15 is 0 Å². The fraction of sp³-hybridized carbons (Fsp3) is 0.182. The van der Waals surface area contributed by atoms with Gasteiger partial charge in [0.1, 0.15) is 16.3 Å². The Morgan fingerprint density at radius 3 is 2.38 bits per heavy atom. The number of carbonyl (C=O) groups is 2. The third-order valence-corrected chi connectivity index (χ3v) is 5.80. The quantitative estimate of drug-likeness (QED) is 0.536. The number of halogens is 1. The van der Waals surface area contributed by atoms with Crippen molar-refractivity contribution in [1.29, 1.82) is 0 Å². The van der Waals surface area contributed by atoms with Gasteiger partial charge < -0.3 is 14.8 Å². The molecule has 0 unspecified atom stereocenters. The maximum Gasteiger partial charge on any atom is 0.341 e. The molecule has 5 nitrogen and oxygen atoms in total. The van der Waals surface area contributed by atoms with E-state index < -0.39 is 5.97 Å². The summed E-state index contributed by atoms with van der Waals surface area (Å²) in [6, 6.07) is 14.6. The second-order valence-corrected chi connectivity index (χ2v) is 7.91. The van der Waals surface area contributed by atoms with E-state index in [-0.39, 0.29) is 12.3 Å². The van der Waals surface area contributed by atoms with Crippen molar-refractivity contribution in [2.45, 2.75) is 13.3 Å². The Balaban J connectivity index is 1.95. The summed E-state index contributed by atoms with van der Waals surface area (Å²) < 4.78 is 10.2. The number of aryl methyl sites for hydroxylation is 1. The first-order valence-corrected chi connectivity index (χ1v) is 10.0. The highest BCUT2D eigenvalue weighted by Gasteiger charge is 2.25. The zero-order valence-corrected chi connectivity index (χ0v) is 17.8. The minimum absolute atomic E-state index is 0.106. The number of benzene rings is 2. The third kappa shape index (κ3) is 4.60. The molecule has 1 amide bonds. The van der Waals surface area contributed by atoms with E-state index in [1.165, 1.54) is 18.4 Å². The maximum atomic E-state index is 12.6. The lowest BCUT2D eigenvalue weighted by Crippen LogP contribution is -2.16. The van der Waals surface area contributed by atoms with Crippen LogP contribution in [0.15, 0.2) is 48.5 Å². The zero-order valence-electron chi connectivity index (χ0n) is 16.2. The van der Waals surface area contributed by atoms with E-state index in [1.807, 2.05) is 43.3 Å². The van der Waals surface area contributed by atoms with Crippen LogP contribution in [0.2, 0.25) is 5.02 Å². The molecular weight excluding hydrogens is 410 g/mol. The van der Waals surface area contributed by atoms with Gasteiger partial charge in [0, 0.05) is 15.5 Å². The lowest BCUT2D eigenvalue weighted by Gasteiger charge is -2.09. The lowest BCUT2D eigenvalue weighted by molar-refractivity contribution is -0.115. The van der Waals surface area contributed by atoms with E-state index in [0.717, 1.165) is 27.3 Å². The largest absolute Gasteiger partial charge is 0.497 e. The van der Waals surface area contributed by atoms with Crippen molar-refractivity contribution in [3.8, 4) is 16.9 Å². The van der Waals surface area contributed by atoms with Crippen LogP contribution in [-0.2, 0) is 16.0 Å². The predicted molar refractivity (Wildman–Crippen MR) is 116 cm³/mol. The van der Waals surface area contributed by atoms with Gasteiger partial charge in [-0.2, -0.15) is 0 Å². The maximum absolute atomic E-state index is 12.6. The molecule has 1 N–H and O–H groups in total. The summed E-state index contributed by atoms with van der Waals surface area (Å²) in [7, 11) is 2.92. The van der Waals surface area contributed by atoms with Crippen LogP contribution in [0.25, 0.3) is 11.1 Å². The van der Waals surface area contributed by atoms with Gasteiger partial charge in [-0.15, -0.1) is 11.3 Å². The standard InChI is InChI=1S/C22H20ClNO4S/c1-13-19(14-8-10-16(27-2)11-9-14)20(22(26)28-3)21(29-13)24-18(25)12-15-6-4-5-7-17(15)23/h4-11H,12H2,1-3H3,(H,24,25). The normalized spacial score (nSPS) is 10.5. The predicted octanol–water partition coefficient (Wildman–Crippen LogP) is 5.35. The second kappa shape index (κ2) is 9.11. The first-order valence-electron chi connectivity index (χ1n) is 8.84. The highest BCUT2D eigenvalue weighted by molar-refractivity contribution is 7.17. The number of amides is 1. The van der Waals surface area contributed by atoms with Gasteiger partial charge in [-0.25, -0.2) is 4.79 Å². The molecule has 0 spiro atoms. The Bertz CT molecular complexity index is 1040. The minimum Gasteiger partial charge on any atom is -0.497 e. The molecule has 3 aromatic rings. The topological polar surface area (TPSA) is 64.6 Å². The summed E-state index contributed by atoms with van der Waals surface area (Å²) in [6.45, 7) is 1.90. The van der Waals surface area contributed by atoms with Gasteiger partial charge in [-0.1, -0.05) is 41.9 Å². The van der Waals surface area contributed by atoms with Crippen LogP contribution in [0, 0.1) is 6.92 Å². The number of esters is 1. The summed E-state index contributed by atoms with van der Waals surface area (Å²) in [5.74, 6) is -0.0477. The zero-order chi connectivity index (χ0) is 21.0. The van der Waals surface area contributed by atoms with Crippen LogP contribution < -0.4 is 10.1 Å². The van der Waals surface area contributed by atoms with Gasteiger partial charge in [0.15, 0.2) is 0 Å². The Kier molecular flexibility index (Phi) is 6.56. The molecule has 29 heavy (non-hydrogen) atoms. The molecule has 150 valence electrons. The van der Waals surface area contributed by atoms with Crippen molar-refractivity contribution in [2.24, 2.45) is 0 Å². The molecule has 0 aliphatic carbocycles. The van der Waals surface area contributed by atoms with Crippen LogP contribution in [0.3, 0.4) is 0 Å². The molecule has 3 rings (SSSR count). The number of hydrogen-bond acceptors (Lipinski definition) is 5. The van der Waals surface area contributed by atoms with Crippen LogP contribution in [0.4, 0.5) is 5.00 Å². The molecule has 0 fully saturated rings. The molecule has 0 aliphatic heterocycles. The molecule has 0 atom stereocenters. The molecule has 1 heterocycles. The van der Waals surface area contributed by atoms with E-state index in [2.05, 4.69) is 5.32 Å². The molecular formula is C22H20ClNO4S. The summed E-state index contributed by atoms with van der Waals surface area (Å²) in [4.78, 5) is 26.0. The van der Waals surface area contributed by atoms with E-state index in [0.29, 0.717) is 15.6 Å². The van der Waals surface area contributed by atoms with E-state index in [4.69, 9.17) is 21.1 Å². The Hall–Kier alpha value is -2.83. The van der Waals surface area contributed by atoms with Crippen LogP contribution in [0.1, 0.15) is 20.8 Å². The summed E-state index contributed by atoms with van der Waals surface area (Å²) in [6.07, 6.45) is 0.106. The first-order chi connectivity index (χ1) is 13.9. The monoisotopic (exact) mass is 429 g/mol. The lowest BCUT2D eigenvalue weighted by atomic mass is 10.0. The summed E-state index contributed by atoms with van der Waals surface area (Å²) in [5.41, 5.74) is 2.63. The smallest absolute Gasteiger partial charge is 0.341 e. The fourth-order valence-corrected chi connectivity index (χ4v) is 4.30. The molecule has 7 heteroatoms. The van der Waals surface area contributed by atoms with Crippen LogP contribution >= 0.6 is 22.9 Å². The number of ether oxygens (including phenoxy) is 2. The Morgan fingerprint density at radius 1 is 1.07 bits per heavy atom. The number of rotatable bonds is 6. The molecule has 0 aliphatic rings. The first kappa shape index (κ1) is 20.9. The highest BCUT2D eigenvalue weighted by Crippen LogP contribution is 2.40. The van der Waals surface area contributed by atoms with Crippen molar-refractivity contribution in [3.63, 3.8) is 0 Å². The fourth-order valence-electron chi connectivity index (χ4n) is 3.02. The van der Waals surface area contributed by atoms with Crippen molar-refractivity contribution in [3.05, 3.63) is 69.6 Å². The molecule has 1 aromatic heterocycles. The molecule has 0 saturated carbocycles. The van der Waals surface area contributed by atoms with Crippen molar-refractivity contribution in [2.75, 3.05) is 19.5 Å². The SMILES string of the molecule is COC(=O)c1c(NC(=O)Cc2ccccc2Cl)sc(C)c1-c1ccc(OC)cc1. The Labute approximate surface area is 178 Å². The van der Waals surface area contributed by atoms with Gasteiger partial charge in [-0.3, -0.25) is 4.79 Å². The van der Waals surface area contributed by atoms with Crippen LogP contribution in [-0.4, -0.2) is 26.1 Å². The summed E-state index contributed by atoms with van der Waals surface area (Å²) >= 11 is 7.48. The minimum atomic E-state index is -0.506. The van der Waals surface area contributed by atoms with Gasteiger partial charge in [0.25, 0.3) is 0 Å². The summed E-state index contributed by atoms with van der Waals surface area (Å²) in [5, 5.41) is 3.83. The average Bonchev–Trinajstić information content (AvgIpc) is 3.04. The van der Waals surface area contributed by atoms with Gasteiger partial charge >= 0.3 is 5.97 Å². The number of anilines is 1. The second-order valence-electron chi connectivity index (χ2n) is 6.27. The van der Waals surface area contributed by atoms with Gasteiger partial charge in [0.05, 0.1) is 20.6 Å². The highest BCUT2D eigenvalue weighted by atomic mass is 35.5. The molecule has 0 radical (unpaired) electrons. The van der Waals surface area contributed by atoms with E-state index in [9.17, 15) is 9.59 Å². The van der Waals surface area contributed by atoms with Gasteiger partial charge in [0.2, 0.25) is 5.91 Å². The van der Waals surface area contributed by atoms with Crippen molar-refractivity contribution in [1.82, 2.24) is 0 Å². The Morgan fingerprint density at radius 2 is 1.76 bits per heavy atom. The van der Waals surface area contributed by atoms with Crippen molar-refractivity contribution < 1.29 is 19.1 Å². The number of hydrogen-bond donors (Lipinski definition) is 1. The van der Waals surface area contributed by atoms with E-state index in [1.54, 1.807) is 19.2 Å². The van der Waals surface area contributed by atoms with Crippen LogP contribution in [0.5, 0.6) is 5.75 Å². The third-order valence-electron chi connectivity index (χ3n) is 4.41. The number of nitrogens with one attached hydrogen (secondary N) is 1. The number of methoxy groups -OCH3 is 2. The van der Waals surface area contributed by atoms with Gasteiger partial charge in [-0.05, 0) is 36.2 Å². The molecule has 2 aromatic carbocycles. The average molecular weight is 430 g/mol. The van der Waals surface area contributed by atoms with Crippen molar-refractivity contribution >= 4 is 39.8 Å².